The molecule has 0 amide bonds. The predicted molar refractivity (Wildman–Crippen MR) is 114 cm³/mol. The molecule has 0 unspecified atom stereocenters. The lowest BCUT2D eigenvalue weighted by atomic mass is 9.83. The molecular formula is C23H28FN5O2. The average Bonchev–Trinajstić information content (AvgIpc) is 2.81. The monoisotopic (exact) mass is 425 g/mol. The van der Waals surface area contributed by atoms with Crippen LogP contribution in [0.5, 0.6) is 5.75 Å². The highest BCUT2D eigenvalue weighted by Gasteiger charge is 2.33. The van der Waals surface area contributed by atoms with Crippen molar-refractivity contribution in [1.29, 1.82) is 5.26 Å². The number of anilines is 1. The van der Waals surface area contributed by atoms with E-state index in [1.54, 1.807) is 18.3 Å². The van der Waals surface area contributed by atoms with E-state index in [0.29, 0.717) is 49.5 Å². The Morgan fingerprint density at radius 2 is 2.03 bits per heavy atom. The molecule has 164 valence electrons. The maximum atomic E-state index is 14.5. The molecule has 1 aliphatic heterocycles. The molecule has 2 aromatic heterocycles. The number of rotatable bonds is 6. The van der Waals surface area contributed by atoms with Crippen LogP contribution in [0.4, 0.5) is 10.3 Å². The Morgan fingerprint density at radius 3 is 2.77 bits per heavy atom. The zero-order valence-corrected chi connectivity index (χ0v) is 17.8. The van der Waals surface area contributed by atoms with Crippen molar-refractivity contribution in [3.63, 3.8) is 0 Å². The van der Waals surface area contributed by atoms with Gasteiger partial charge in [-0.2, -0.15) is 5.26 Å². The highest BCUT2D eigenvalue weighted by Crippen LogP contribution is 2.31. The quantitative estimate of drug-likeness (QED) is 0.735. The van der Waals surface area contributed by atoms with Crippen LogP contribution in [-0.4, -0.2) is 40.8 Å². The third-order valence-electron chi connectivity index (χ3n) is 6.27. The van der Waals surface area contributed by atoms with Crippen molar-refractivity contribution in [3.05, 3.63) is 30.3 Å². The highest BCUT2D eigenvalue weighted by molar-refractivity contribution is 5.58. The molecule has 8 heteroatoms. The maximum absolute atomic E-state index is 14.5. The molecule has 7 nitrogen and oxygen atoms in total. The topological polar surface area (TPSA) is 93.0 Å². The van der Waals surface area contributed by atoms with Crippen LogP contribution in [0, 0.1) is 28.5 Å². The Labute approximate surface area is 182 Å². The van der Waals surface area contributed by atoms with E-state index >= 15 is 0 Å². The third-order valence-corrected chi connectivity index (χ3v) is 6.27. The van der Waals surface area contributed by atoms with Gasteiger partial charge in [-0.15, -0.1) is 0 Å². The largest absolute Gasteiger partial charge is 0.492 e. The highest BCUT2D eigenvalue weighted by atomic mass is 19.1. The number of nitriles is 1. The minimum Gasteiger partial charge on any atom is -0.492 e. The van der Waals surface area contributed by atoms with Crippen LogP contribution in [0.3, 0.4) is 0 Å². The van der Waals surface area contributed by atoms with Crippen LogP contribution in [0.15, 0.2) is 24.5 Å². The van der Waals surface area contributed by atoms with E-state index < -0.39 is 11.2 Å². The smallest absolute Gasteiger partial charge is 0.223 e. The second-order valence-electron chi connectivity index (χ2n) is 8.66. The molecule has 2 aromatic rings. The Bertz CT molecular complexity index is 934. The van der Waals surface area contributed by atoms with Crippen molar-refractivity contribution in [2.24, 2.45) is 11.3 Å². The molecule has 31 heavy (non-hydrogen) atoms. The van der Waals surface area contributed by atoms with Gasteiger partial charge in [-0.1, -0.05) is 6.92 Å². The minimum absolute atomic E-state index is 0.133. The second kappa shape index (κ2) is 9.56. The summed E-state index contributed by atoms with van der Waals surface area (Å²) in [4.78, 5) is 12.8. The molecule has 0 aromatic carbocycles. The normalized spacial score (nSPS) is 23.0. The van der Waals surface area contributed by atoms with Crippen molar-refractivity contribution < 1.29 is 13.9 Å². The molecule has 1 aliphatic carbocycles. The van der Waals surface area contributed by atoms with Gasteiger partial charge in [0.1, 0.15) is 18.1 Å². The maximum Gasteiger partial charge on any atom is 0.223 e. The first-order valence-electron chi connectivity index (χ1n) is 10.9. The fourth-order valence-electron chi connectivity index (χ4n) is 4.11. The van der Waals surface area contributed by atoms with Crippen LogP contribution in [0.2, 0.25) is 0 Å². The van der Waals surface area contributed by atoms with Gasteiger partial charge in [-0.05, 0) is 50.5 Å². The molecule has 1 saturated heterocycles. The van der Waals surface area contributed by atoms with E-state index in [-0.39, 0.29) is 12.3 Å². The summed E-state index contributed by atoms with van der Waals surface area (Å²) in [7, 11) is 0. The first-order chi connectivity index (χ1) is 15.1. The first-order valence-corrected chi connectivity index (χ1v) is 10.9. The van der Waals surface area contributed by atoms with E-state index in [0.717, 1.165) is 18.8 Å². The van der Waals surface area contributed by atoms with Gasteiger partial charge in [-0.25, -0.2) is 14.4 Å². The van der Waals surface area contributed by atoms with Gasteiger partial charge in [0.2, 0.25) is 5.95 Å². The summed E-state index contributed by atoms with van der Waals surface area (Å²) < 4.78 is 25.8. The molecule has 0 bridgehead atoms. The number of hydrogen-bond donors (Lipinski definition) is 1. The van der Waals surface area contributed by atoms with Crippen molar-refractivity contribution in [2.45, 2.75) is 51.5 Å². The number of pyridine rings is 1. The predicted octanol–water partition coefficient (Wildman–Crippen LogP) is 4.37. The van der Waals surface area contributed by atoms with Crippen molar-refractivity contribution in [3.8, 4) is 23.2 Å². The molecule has 2 fully saturated rings. The van der Waals surface area contributed by atoms with Gasteiger partial charge in [0, 0.05) is 31.5 Å². The molecule has 4 rings (SSSR count). The Kier molecular flexibility index (Phi) is 6.62. The van der Waals surface area contributed by atoms with Gasteiger partial charge in [0.15, 0.2) is 5.82 Å². The number of aromatic nitrogens is 3. The standard InChI is InChI=1S/C23H28FN5O2/c1-16-2-4-17(5-3-16)28-22-27-13-19(24)21(29-22)20-12-18(6-9-26-20)31-15-23(14-25)7-10-30-11-8-23/h6,9,12-13,16-17H,2-5,7-8,10-11,15H2,1H3,(H,27,28,29). The minimum atomic E-state index is -0.559. The number of nitrogens with one attached hydrogen (secondary N) is 1. The summed E-state index contributed by atoms with van der Waals surface area (Å²) in [5.41, 5.74) is -0.0555. The molecule has 0 radical (unpaired) electrons. The molecule has 1 saturated carbocycles. The summed E-state index contributed by atoms with van der Waals surface area (Å²) in [6.07, 6.45) is 8.47. The Morgan fingerprint density at radius 1 is 1.26 bits per heavy atom. The molecule has 1 N–H and O–H groups in total. The van der Waals surface area contributed by atoms with Gasteiger partial charge in [-0.3, -0.25) is 4.98 Å². The van der Waals surface area contributed by atoms with Gasteiger partial charge < -0.3 is 14.8 Å². The van der Waals surface area contributed by atoms with Gasteiger partial charge in [0.25, 0.3) is 0 Å². The number of nitrogens with zero attached hydrogens (tertiary/aromatic N) is 4. The summed E-state index contributed by atoms with van der Waals surface area (Å²) in [6, 6.07) is 6.05. The molecule has 0 atom stereocenters. The third kappa shape index (κ3) is 5.28. The van der Waals surface area contributed by atoms with E-state index in [1.165, 1.54) is 19.0 Å². The Balaban J connectivity index is 1.47. The van der Waals surface area contributed by atoms with Crippen LogP contribution < -0.4 is 10.1 Å². The lowest BCUT2D eigenvalue weighted by Crippen LogP contribution is -2.33. The summed E-state index contributed by atoms with van der Waals surface area (Å²) in [5, 5.41) is 12.9. The van der Waals surface area contributed by atoms with Gasteiger partial charge >= 0.3 is 0 Å². The second-order valence-corrected chi connectivity index (χ2v) is 8.66. The lowest BCUT2D eigenvalue weighted by molar-refractivity contribution is 0.0191. The lowest BCUT2D eigenvalue weighted by Gasteiger charge is -2.30. The Hall–Kier alpha value is -2.79. The van der Waals surface area contributed by atoms with Crippen LogP contribution in [0.25, 0.3) is 11.4 Å². The van der Waals surface area contributed by atoms with Crippen molar-refractivity contribution in [1.82, 2.24) is 15.0 Å². The first kappa shape index (κ1) is 21.4. The molecule has 3 heterocycles. The van der Waals surface area contributed by atoms with E-state index in [4.69, 9.17) is 9.47 Å². The van der Waals surface area contributed by atoms with E-state index in [1.807, 2.05) is 0 Å². The summed E-state index contributed by atoms with van der Waals surface area (Å²) >= 11 is 0. The number of hydrogen-bond acceptors (Lipinski definition) is 7. The number of halogens is 1. The van der Waals surface area contributed by atoms with Crippen molar-refractivity contribution in [2.75, 3.05) is 25.1 Å². The average molecular weight is 426 g/mol. The summed E-state index contributed by atoms with van der Waals surface area (Å²) in [6.45, 7) is 3.64. The van der Waals surface area contributed by atoms with Crippen LogP contribution in [-0.2, 0) is 4.74 Å². The SMILES string of the molecule is CC1CCC(Nc2ncc(F)c(-c3cc(OCC4(C#N)CCOCC4)ccn3)n2)CC1. The van der Waals surface area contributed by atoms with Crippen LogP contribution >= 0.6 is 0 Å². The van der Waals surface area contributed by atoms with Crippen LogP contribution in [0.1, 0.15) is 45.4 Å². The fraction of sp³-hybridized carbons (Fsp3) is 0.565. The molecule has 2 aliphatic rings. The molecule has 0 spiro atoms. The summed E-state index contributed by atoms with van der Waals surface area (Å²) in [5.74, 6) is 1.15. The number of ether oxygens (including phenoxy) is 2. The van der Waals surface area contributed by atoms with Gasteiger partial charge in [0.05, 0.1) is 23.4 Å². The van der Waals surface area contributed by atoms with E-state index in [2.05, 4.69) is 33.3 Å². The zero-order chi connectivity index (χ0) is 21.7. The molecular weight excluding hydrogens is 397 g/mol. The fourth-order valence-corrected chi connectivity index (χ4v) is 4.11. The van der Waals surface area contributed by atoms with E-state index in [9.17, 15) is 9.65 Å². The van der Waals surface area contributed by atoms with Crippen molar-refractivity contribution >= 4 is 5.95 Å². The zero-order valence-electron chi connectivity index (χ0n) is 17.8.